The molecule has 1 amide bonds. The number of aromatic nitrogens is 4. The monoisotopic (exact) mass is 366 g/mol. The van der Waals surface area contributed by atoms with Crippen LogP contribution >= 0.6 is 0 Å². The quantitative estimate of drug-likeness (QED) is 0.695. The normalized spacial score (nSPS) is 11.0. The molecule has 3 rings (SSSR count). The van der Waals surface area contributed by atoms with Crippen LogP contribution in [0.5, 0.6) is 0 Å². The molecule has 27 heavy (non-hydrogen) atoms. The minimum Gasteiger partial charge on any atom is -0.356 e. The van der Waals surface area contributed by atoms with Gasteiger partial charge in [-0.15, -0.1) is 15.3 Å². The zero-order valence-corrected chi connectivity index (χ0v) is 16.4. The third-order valence-electron chi connectivity index (χ3n) is 4.72. The average molecular weight is 366 g/mol. The number of rotatable bonds is 7. The number of aryl methyl sites for hydroxylation is 3. The lowest BCUT2D eigenvalue weighted by Crippen LogP contribution is -2.23. The van der Waals surface area contributed by atoms with Crippen molar-refractivity contribution in [3.8, 4) is 0 Å². The van der Waals surface area contributed by atoms with E-state index in [0.29, 0.717) is 24.3 Å². The highest BCUT2D eigenvalue weighted by Gasteiger charge is 2.13. The van der Waals surface area contributed by atoms with Crippen molar-refractivity contribution in [2.45, 2.75) is 40.5 Å². The van der Waals surface area contributed by atoms with E-state index in [2.05, 4.69) is 39.4 Å². The standard InChI is InChI=1S/C20H26N6O/c1-5-25(6-2)18-11-10-16-22-23-17(26(16)24-18)12-13-19(27)21-20-14(3)8-7-9-15(20)4/h7-11H,5-6,12-13H2,1-4H3,(H,21,27). The number of nitrogens with zero attached hydrogens (tertiary/aromatic N) is 5. The van der Waals surface area contributed by atoms with Crippen LogP contribution in [0.3, 0.4) is 0 Å². The largest absolute Gasteiger partial charge is 0.356 e. The van der Waals surface area contributed by atoms with Crippen molar-refractivity contribution in [2.24, 2.45) is 0 Å². The van der Waals surface area contributed by atoms with Crippen LogP contribution in [0.25, 0.3) is 5.65 Å². The SMILES string of the molecule is CCN(CC)c1ccc2nnc(CCC(=O)Nc3c(C)cccc3C)n2n1. The molecule has 0 aliphatic carbocycles. The summed E-state index contributed by atoms with van der Waals surface area (Å²) in [6.45, 7) is 9.94. The molecule has 0 saturated heterocycles. The predicted octanol–water partition coefficient (Wildman–Crippen LogP) is 3.16. The maximum absolute atomic E-state index is 12.4. The van der Waals surface area contributed by atoms with Crippen LogP contribution in [0.2, 0.25) is 0 Å². The second-order valence-corrected chi connectivity index (χ2v) is 6.57. The molecule has 2 aromatic heterocycles. The molecule has 0 bridgehead atoms. The van der Waals surface area contributed by atoms with Gasteiger partial charge >= 0.3 is 0 Å². The van der Waals surface area contributed by atoms with Gasteiger partial charge in [0.2, 0.25) is 5.91 Å². The summed E-state index contributed by atoms with van der Waals surface area (Å²) in [4.78, 5) is 14.6. The Morgan fingerprint density at radius 3 is 2.44 bits per heavy atom. The molecule has 1 N–H and O–H groups in total. The molecule has 0 aliphatic rings. The van der Waals surface area contributed by atoms with Gasteiger partial charge in [0.25, 0.3) is 0 Å². The lowest BCUT2D eigenvalue weighted by atomic mass is 10.1. The van der Waals surface area contributed by atoms with Gasteiger partial charge < -0.3 is 10.2 Å². The van der Waals surface area contributed by atoms with E-state index < -0.39 is 0 Å². The minimum absolute atomic E-state index is 0.0379. The Morgan fingerprint density at radius 1 is 1.07 bits per heavy atom. The van der Waals surface area contributed by atoms with E-state index >= 15 is 0 Å². The fourth-order valence-corrected chi connectivity index (χ4v) is 3.13. The number of hydrogen-bond donors (Lipinski definition) is 1. The van der Waals surface area contributed by atoms with E-state index in [0.717, 1.165) is 35.7 Å². The van der Waals surface area contributed by atoms with E-state index in [9.17, 15) is 4.79 Å². The first-order valence-corrected chi connectivity index (χ1v) is 9.35. The molecule has 0 fully saturated rings. The summed E-state index contributed by atoms with van der Waals surface area (Å²) >= 11 is 0. The molecule has 0 saturated carbocycles. The molecule has 0 spiro atoms. The van der Waals surface area contributed by atoms with E-state index in [1.807, 2.05) is 44.2 Å². The van der Waals surface area contributed by atoms with Gasteiger partial charge in [0, 0.05) is 31.6 Å². The van der Waals surface area contributed by atoms with Crippen molar-refractivity contribution < 1.29 is 4.79 Å². The fourth-order valence-electron chi connectivity index (χ4n) is 3.13. The van der Waals surface area contributed by atoms with E-state index in [4.69, 9.17) is 0 Å². The first-order valence-electron chi connectivity index (χ1n) is 9.35. The van der Waals surface area contributed by atoms with Gasteiger partial charge in [-0.25, -0.2) is 0 Å². The van der Waals surface area contributed by atoms with E-state index in [-0.39, 0.29) is 5.91 Å². The Balaban J connectivity index is 1.73. The van der Waals surface area contributed by atoms with E-state index in [1.165, 1.54) is 0 Å². The van der Waals surface area contributed by atoms with Gasteiger partial charge in [-0.2, -0.15) is 4.52 Å². The summed E-state index contributed by atoms with van der Waals surface area (Å²) < 4.78 is 1.74. The molecule has 1 aromatic carbocycles. The molecule has 7 nitrogen and oxygen atoms in total. The smallest absolute Gasteiger partial charge is 0.224 e. The Kier molecular flexibility index (Phi) is 5.69. The van der Waals surface area contributed by atoms with Crippen LogP contribution in [0.1, 0.15) is 37.2 Å². The third kappa shape index (κ3) is 4.07. The summed E-state index contributed by atoms with van der Waals surface area (Å²) in [5.41, 5.74) is 3.69. The molecule has 0 unspecified atom stereocenters. The van der Waals surface area contributed by atoms with Crippen LogP contribution in [-0.4, -0.2) is 38.8 Å². The molecule has 2 heterocycles. The van der Waals surface area contributed by atoms with Crippen LogP contribution < -0.4 is 10.2 Å². The van der Waals surface area contributed by atoms with E-state index in [1.54, 1.807) is 4.52 Å². The van der Waals surface area contributed by atoms with Crippen molar-refractivity contribution in [3.63, 3.8) is 0 Å². The molecular weight excluding hydrogens is 340 g/mol. The summed E-state index contributed by atoms with van der Waals surface area (Å²) in [6.07, 6.45) is 0.804. The summed E-state index contributed by atoms with van der Waals surface area (Å²) in [5.74, 6) is 1.54. The Morgan fingerprint density at radius 2 is 1.78 bits per heavy atom. The molecule has 0 atom stereocenters. The lowest BCUT2D eigenvalue weighted by Gasteiger charge is -2.19. The Labute approximate surface area is 159 Å². The molecule has 3 aromatic rings. The number of para-hydroxylation sites is 1. The number of nitrogens with one attached hydrogen (secondary N) is 1. The number of carbonyl (C=O) groups excluding carboxylic acids is 1. The summed E-state index contributed by atoms with van der Waals surface area (Å²) in [7, 11) is 0. The van der Waals surface area contributed by atoms with Crippen molar-refractivity contribution in [3.05, 3.63) is 47.3 Å². The third-order valence-corrected chi connectivity index (χ3v) is 4.72. The van der Waals surface area contributed by atoms with Gasteiger partial charge in [0.1, 0.15) is 5.82 Å². The number of fused-ring (bicyclic) bond motifs is 1. The van der Waals surface area contributed by atoms with Crippen LogP contribution in [0.15, 0.2) is 30.3 Å². The Hall–Kier alpha value is -2.96. The topological polar surface area (TPSA) is 75.4 Å². The molecule has 7 heteroatoms. The fraction of sp³-hybridized carbons (Fsp3) is 0.400. The van der Waals surface area contributed by atoms with Gasteiger partial charge in [-0.05, 0) is 51.0 Å². The minimum atomic E-state index is -0.0379. The average Bonchev–Trinajstić information content (AvgIpc) is 3.07. The molecule has 0 aliphatic heterocycles. The maximum Gasteiger partial charge on any atom is 0.224 e. The zero-order chi connectivity index (χ0) is 19.4. The van der Waals surface area contributed by atoms with Crippen molar-refractivity contribution in [1.29, 1.82) is 0 Å². The second kappa shape index (κ2) is 8.16. The van der Waals surface area contributed by atoms with Crippen LogP contribution in [-0.2, 0) is 11.2 Å². The lowest BCUT2D eigenvalue weighted by molar-refractivity contribution is -0.116. The van der Waals surface area contributed by atoms with Crippen molar-refractivity contribution in [2.75, 3.05) is 23.3 Å². The van der Waals surface area contributed by atoms with Crippen LogP contribution in [0.4, 0.5) is 11.5 Å². The highest BCUT2D eigenvalue weighted by Crippen LogP contribution is 2.20. The number of benzene rings is 1. The van der Waals surface area contributed by atoms with Gasteiger partial charge in [0.05, 0.1) is 0 Å². The first-order chi connectivity index (χ1) is 13.0. The highest BCUT2D eigenvalue weighted by molar-refractivity contribution is 5.92. The van der Waals surface area contributed by atoms with Crippen molar-refractivity contribution in [1.82, 2.24) is 19.8 Å². The zero-order valence-electron chi connectivity index (χ0n) is 16.4. The number of amides is 1. The maximum atomic E-state index is 12.4. The molecule has 142 valence electrons. The number of anilines is 2. The highest BCUT2D eigenvalue weighted by atomic mass is 16.1. The Bertz CT molecular complexity index is 925. The molecular formula is C20H26N6O. The number of hydrogen-bond acceptors (Lipinski definition) is 5. The van der Waals surface area contributed by atoms with Gasteiger partial charge in [-0.1, -0.05) is 18.2 Å². The number of carbonyl (C=O) groups is 1. The predicted molar refractivity (Wildman–Crippen MR) is 107 cm³/mol. The summed E-state index contributed by atoms with van der Waals surface area (Å²) in [6, 6.07) is 9.84. The van der Waals surface area contributed by atoms with Crippen molar-refractivity contribution >= 4 is 23.1 Å². The van der Waals surface area contributed by atoms with Crippen LogP contribution in [0, 0.1) is 13.8 Å². The molecule has 0 radical (unpaired) electrons. The van der Waals surface area contributed by atoms with Gasteiger partial charge in [0.15, 0.2) is 11.5 Å². The van der Waals surface area contributed by atoms with Gasteiger partial charge in [-0.3, -0.25) is 4.79 Å². The summed E-state index contributed by atoms with van der Waals surface area (Å²) in [5, 5.41) is 16.0. The second-order valence-electron chi connectivity index (χ2n) is 6.57. The first kappa shape index (κ1) is 18.8.